The highest BCUT2D eigenvalue weighted by Crippen LogP contribution is 2.55. The molecule has 8 heteroatoms. The van der Waals surface area contributed by atoms with Gasteiger partial charge in [0.15, 0.2) is 46.3 Å². The average Bonchev–Trinajstić information content (AvgIpc) is 3.78. The minimum absolute atomic E-state index is 0. The number of hydrogen-bond donors (Lipinski definition) is 0. The van der Waals surface area contributed by atoms with Gasteiger partial charge in [0, 0.05) is 43.3 Å². The van der Waals surface area contributed by atoms with Crippen molar-refractivity contribution in [3.63, 3.8) is 0 Å². The van der Waals surface area contributed by atoms with Crippen molar-refractivity contribution in [2.24, 2.45) is 65.0 Å². The summed E-state index contributed by atoms with van der Waals surface area (Å²) in [6.07, 6.45) is 12.2. The van der Waals surface area contributed by atoms with E-state index in [2.05, 4.69) is 0 Å². The van der Waals surface area contributed by atoms with Crippen molar-refractivity contribution in [3.8, 4) is 0 Å². The molecule has 4 aliphatic rings. The first-order valence-corrected chi connectivity index (χ1v) is 25.5. The van der Waals surface area contributed by atoms with Crippen LogP contribution in [0.3, 0.4) is 0 Å². The molecule has 0 N–H and O–H groups in total. The molecule has 4 fully saturated rings. The Kier molecular flexibility index (Phi) is 26.0. The van der Waals surface area contributed by atoms with Gasteiger partial charge < -0.3 is 0 Å². The molecule has 0 heterocycles. The summed E-state index contributed by atoms with van der Waals surface area (Å²) in [6.45, 7) is 45.9. The van der Waals surface area contributed by atoms with Crippen LogP contribution in [0.2, 0.25) is 0 Å². The third-order valence-electron chi connectivity index (χ3n) is 14.0. The van der Waals surface area contributed by atoms with Gasteiger partial charge in [0.1, 0.15) is 0 Å². The lowest BCUT2D eigenvalue weighted by Gasteiger charge is -2.45. The van der Waals surface area contributed by atoms with Crippen molar-refractivity contribution < 1.29 is 38.4 Å². The van der Waals surface area contributed by atoms with Crippen molar-refractivity contribution in [2.75, 3.05) is 0 Å². The van der Waals surface area contributed by atoms with Crippen molar-refractivity contribution in [2.45, 2.75) is 286 Å². The molecule has 0 amide bonds. The van der Waals surface area contributed by atoms with Gasteiger partial charge in [-0.1, -0.05) is 234 Å². The Morgan fingerprint density at radius 3 is 0.414 bits per heavy atom. The lowest BCUT2D eigenvalue weighted by molar-refractivity contribution is -0.157. The molecule has 412 valence electrons. The minimum Gasteiger partial charge on any atom is -0.298 e. The van der Waals surface area contributed by atoms with E-state index >= 15 is 0 Å². The Morgan fingerprint density at radius 2 is 0.314 bits per heavy atom. The predicted molar refractivity (Wildman–Crippen MR) is 297 cm³/mol. The van der Waals surface area contributed by atoms with E-state index in [0.717, 1.165) is 89.9 Å². The zero-order chi connectivity index (χ0) is 52.5. The van der Waals surface area contributed by atoms with Crippen molar-refractivity contribution in [1.29, 1.82) is 0 Å². The molecule has 70 heavy (non-hydrogen) atoms. The van der Waals surface area contributed by atoms with E-state index in [1.54, 1.807) is 0 Å². The summed E-state index contributed by atoms with van der Waals surface area (Å²) < 4.78 is 0. The van der Waals surface area contributed by atoms with Crippen molar-refractivity contribution >= 4 is 46.3 Å². The van der Waals surface area contributed by atoms with E-state index in [1.165, 1.54) is 0 Å². The molecule has 0 radical (unpaired) electrons. The fraction of sp³-hybridized carbons (Fsp3) is 0.871. The molecule has 4 saturated carbocycles. The monoisotopic (exact) mass is 989 g/mol. The van der Waals surface area contributed by atoms with Crippen LogP contribution in [0.25, 0.3) is 0 Å². The van der Waals surface area contributed by atoms with E-state index in [0.29, 0.717) is 0 Å². The van der Waals surface area contributed by atoms with Crippen molar-refractivity contribution in [1.82, 2.24) is 0 Å². The molecule has 4 rings (SSSR count). The summed E-state index contributed by atoms with van der Waals surface area (Å²) >= 11 is 0. The fourth-order valence-corrected chi connectivity index (χ4v) is 10.8. The molecule has 0 unspecified atom stereocenters. The van der Waals surface area contributed by atoms with Gasteiger partial charge in [-0.2, -0.15) is 0 Å². The van der Waals surface area contributed by atoms with Gasteiger partial charge in [-0.3, -0.25) is 38.4 Å². The van der Waals surface area contributed by atoms with Crippen LogP contribution >= 0.6 is 0 Å². The lowest BCUT2D eigenvalue weighted by Crippen LogP contribution is -2.53. The molecule has 0 aromatic heterocycles. The third kappa shape index (κ3) is 17.2. The van der Waals surface area contributed by atoms with Gasteiger partial charge in [-0.25, -0.2) is 0 Å². The number of ketones is 8. The van der Waals surface area contributed by atoms with Crippen LogP contribution in [0, 0.1) is 65.0 Å². The van der Waals surface area contributed by atoms with Gasteiger partial charge in [0.25, 0.3) is 0 Å². The molecular formula is C62H116O8. The highest BCUT2D eigenvalue weighted by molar-refractivity contribution is 6.14. The van der Waals surface area contributed by atoms with Gasteiger partial charge >= 0.3 is 0 Å². The molecule has 0 aromatic rings. The van der Waals surface area contributed by atoms with E-state index < -0.39 is 65.0 Å². The summed E-state index contributed by atoms with van der Waals surface area (Å²) in [5.41, 5.74) is -6.08. The Labute approximate surface area is 433 Å². The molecule has 0 atom stereocenters. The normalized spacial score (nSPS) is 19.1. The topological polar surface area (TPSA) is 137 Å². The second-order valence-corrected chi connectivity index (χ2v) is 29.1. The van der Waals surface area contributed by atoms with E-state index in [9.17, 15) is 38.4 Å². The number of rotatable bonds is 8. The Hall–Kier alpha value is -2.64. The second-order valence-electron chi connectivity index (χ2n) is 29.1. The van der Waals surface area contributed by atoms with Crippen LogP contribution in [0.15, 0.2) is 0 Å². The smallest absolute Gasteiger partial charge is 0.151 e. The molecular weight excluding hydrogens is 873 g/mol. The maximum atomic E-state index is 12.8. The number of hydrogen-bond acceptors (Lipinski definition) is 8. The SMILES string of the molecule is C.C.C.C.CC(C)(C)C(=O)C1(C(=O)C(C)(C)C)CC1.CC(C)(C)C(=O)C1(C(=O)C(C)(C)C)CCC1.CC(C)(C)C(=O)C1(C(=O)C(C)(C)C)CCCC1.CC(C)(C)C(=O)C1(C(=O)C(C)(C)C)CCCCC1. The van der Waals surface area contributed by atoms with Gasteiger partial charge in [-0.15, -0.1) is 0 Å². The average molecular weight is 990 g/mol. The summed E-state index contributed by atoms with van der Waals surface area (Å²) in [7, 11) is 0. The zero-order valence-electron chi connectivity index (χ0n) is 47.2. The molecule has 0 saturated heterocycles. The molecule has 4 aliphatic carbocycles. The first-order chi connectivity index (χ1) is 29.1. The van der Waals surface area contributed by atoms with Crippen LogP contribution < -0.4 is 0 Å². The second kappa shape index (κ2) is 24.6. The number of carbonyl (C=O) groups is 8. The van der Waals surface area contributed by atoms with Gasteiger partial charge in [-0.05, 0) is 51.4 Å². The van der Waals surface area contributed by atoms with E-state index in [-0.39, 0.29) is 76.0 Å². The lowest BCUT2D eigenvalue weighted by atomic mass is 9.55. The van der Waals surface area contributed by atoms with Crippen LogP contribution in [-0.2, 0) is 38.4 Å². The van der Waals surface area contributed by atoms with Gasteiger partial charge in [0.05, 0.1) is 21.7 Å². The maximum absolute atomic E-state index is 12.8. The molecule has 0 spiro atoms. The largest absolute Gasteiger partial charge is 0.298 e. The quantitative estimate of drug-likeness (QED) is 0.219. The maximum Gasteiger partial charge on any atom is 0.151 e. The highest BCUT2D eigenvalue weighted by atomic mass is 16.2. The number of Topliss-reactive ketones (excluding diaryl/α,β-unsaturated/α-hetero) is 8. The zero-order valence-corrected chi connectivity index (χ0v) is 47.2. The highest BCUT2D eigenvalue weighted by Gasteiger charge is 2.61. The summed E-state index contributed by atoms with van der Waals surface area (Å²) in [6, 6.07) is 0. The standard InChI is InChI=1S/C16H28O2.C15H26O2.C14H24O2.C13H22O2.4CH4/c1-14(2,3)12(17)16(10-8-7-9-11-16)13(18)15(4,5)6;1-13(2,3)11(16)15(9-7-8-10-15)12(17)14(4,5)6;1-12(2,3)10(15)14(8-7-9-14)11(16)13(4,5)6;1-11(2,3)9(14)13(7-8-13)10(15)12(4,5)6;;;;/h7-11H2,1-6H3;7-10H2,1-6H3;7-9H2,1-6H3;7-8H2,1-6H3;4*1H4. The molecule has 8 nitrogen and oxygen atoms in total. The predicted octanol–water partition coefficient (Wildman–Crippen LogP) is 16.9. The molecule has 0 aromatic carbocycles. The van der Waals surface area contributed by atoms with Crippen LogP contribution in [0.5, 0.6) is 0 Å². The van der Waals surface area contributed by atoms with E-state index in [1.807, 2.05) is 166 Å². The fourth-order valence-electron chi connectivity index (χ4n) is 10.8. The Balaban J connectivity index is -0.000000408. The van der Waals surface area contributed by atoms with Crippen molar-refractivity contribution in [3.05, 3.63) is 0 Å². The summed E-state index contributed by atoms with van der Waals surface area (Å²) in [4.78, 5) is 100. The first-order valence-electron chi connectivity index (χ1n) is 25.5. The summed E-state index contributed by atoms with van der Waals surface area (Å²) in [5, 5.41) is 0. The van der Waals surface area contributed by atoms with E-state index in [4.69, 9.17) is 0 Å². The van der Waals surface area contributed by atoms with Gasteiger partial charge in [0.2, 0.25) is 0 Å². The van der Waals surface area contributed by atoms with Crippen LogP contribution in [0.4, 0.5) is 0 Å². The molecule has 0 bridgehead atoms. The van der Waals surface area contributed by atoms with Crippen LogP contribution in [0.1, 0.15) is 286 Å². The summed E-state index contributed by atoms with van der Waals surface area (Å²) in [5.74, 6) is 1.08. The Morgan fingerprint density at radius 1 is 0.200 bits per heavy atom. The number of carbonyl (C=O) groups excluding carboxylic acids is 8. The first kappa shape index (κ1) is 73.9. The minimum atomic E-state index is -0.714. The third-order valence-corrected chi connectivity index (χ3v) is 14.0. The van der Waals surface area contributed by atoms with Crippen LogP contribution in [-0.4, -0.2) is 46.3 Å². The molecule has 0 aliphatic heterocycles. The Bertz CT molecular complexity index is 1680.